The molecule has 4 nitrogen and oxygen atoms in total. The van der Waals surface area contributed by atoms with Gasteiger partial charge in [0.05, 0.1) is 5.56 Å². The molecule has 0 heterocycles. The summed E-state index contributed by atoms with van der Waals surface area (Å²) < 4.78 is 9.79. The summed E-state index contributed by atoms with van der Waals surface area (Å²) in [7, 11) is 0. The number of rotatable bonds is 3. The van der Waals surface area contributed by atoms with Crippen LogP contribution in [0.4, 0.5) is 0 Å². The van der Waals surface area contributed by atoms with Crippen molar-refractivity contribution >= 4 is 17.7 Å². The molecule has 84 valence electrons. The van der Waals surface area contributed by atoms with Gasteiger partial charge in [-0.05, 0) is 12.1 Å². The summed E-state index contributed by atoms with van der Waals surface area (Å²) in [6.45, 7) is 6.17. The van der Waals surface area contributed by atoms with Crippen LogP contribution in [0.5, 0.6) is 5.75 Å². The molecule has 0 amide bonds. The average Bonchev–Trinajstić information content (AvgIpc) is 2.16. The lowest BCUT2D eigenvalue weighted by atomic mass is 10.2. The topological polar surface area (TPSA) is 52.6 Å². The van der Waals surface area contributed by atoms with Crippen molar-refractivity contribution in [3.8, 4) is 5.75 Å². The number of para-hydroxylation sites is 1. The van der Waals surface area contributed by atoms with Gasteiger partial charge in [-0.2, -0.15) is 0 Å². The molecule has 0 unspecified atom stereocenters. The van der Waals surface area contributed by atoms with Crippen LogP contribution in [0.3, 0.4) is 0 Å². The molecule has 0 aliphatic heterocycles. The van der Waals surface area contributed by atoms with Crippen LogP contribution in [-0.2, 0) is 14.3 Å². The van der Waals surface area contributed by atoms with Crippen LogP contribution in [0.25, 0.3) is 5.76 Å². The first-order valence-electron chi connectivity index (χ1n) is 4.66. The number of carbonyl (C=O) groups excluding carboxylic acids is 2. The van der Waals surface area contributed by atoms with Gasteiger partial charge in [-0.25, -0.2) is 0 Å². The van der Waals surface area contributed by atoms with Gasteiger partial charge >= 0.3 is 11.9 Å². The van der Waals surface area contributed by atoms with E-state index in [1.807, 2.05) is 0 Å². The number of hydrogen-bond acceptors (Lipinski definition) is 4. The van der Waals surface area contributed by atoms with Crippen LogP contribution < -0.4 is 4.74 Å². The molecule has 0 saturated carbocycles. The summed E-state index contributed by atoms with van der Waals surface area (Å²) in [5, 5.41) is 0. The first-order chi connectivity index (χ1) is 7.50. The van der Waals surface area contributed by atoms with Crippen molar-refractivity contribution in [1.82, 2.24) is 0 Å². The zero-order valence-electron chi connectivity index (χ0n) is 9.15. The summed E-state index contributed by atoms with van der Waals surface area (Å²) in [4.78, 5) is 21.6. The molecular weight excluding hydrogens is 208 g/mol. The molecule has 0 N–H and O–H groups in total. The quantitative estimate of drug-likeness (QED) is 0.445. The van der Waals surface area contributed by atoms with Crippen LogP contribution in [-0.4, -0.2) is 11.9 Å². The summed E-state index contributed by atoms with van der Waals surface area (Å²) in [6.07, 6.45) is 0. The van der Waals surface area contributed by atoms with E-state index in [0.717, 1.165) is 0 Å². The zero-order chi connectivity index (χ0) is 12.1. The van der Waals surface area contributed by atoms with E-state index in [0.29, 0.717) is 11.3 Å². The van der Waals surface area contributed by atoms with E-state index >= 15 is 0 Å². The molecule has 0 bridgehead atoms. The molecule has 0 aliphatic rings. The minimum atomic E-state index is -0.470. The SMILES string of the molecule is C=C(OC(C)=O)c1ccccc1OC(C)=O. The van der Waals surface area contributed by atoms with E-state index in [2.05, 4.69) is 6.58 Å². The predicted molar refractivity (Wildman–Crippen MR) is 58.6 cm³/mol. The Bertz CT molecular complexity index is 434. The monoisotopic (exact) mass is 220 g/mol. The fourth-order valence-electron chi connectivity index (χ4n) is 1.17. The lowest BCUT2D eigenvalue weighted by molar-refractivity contribution is -0.134. The molecule has 0 radical (unpaired) electrons. The number of carbonyl (C=O) groups is 2. The molecule has 1 rings (SSSR count). The number of benzene rings is 1. The summed E-state index contributed by atoms with van der Waals surface area (Å²) in [5.41, 5.74) is 0.480. The van der Waals surface area contributed by atoms with Crippen LogP contribution in [0.2, 0.25) is 0 Å². The fraction of sp³-hybridized carbons (Fsp3) is 0.167. The van der Waals surface area contributed by atoms with Crippen molar-refractivity contribution in [3.63, 3.8) is 0 Å². The Morgan fingerprint density at radius 3 is 2.31 bits per heavy atom. The fourth-order valence-corrected chi connectivity index (χ4v) is 1.17. The maximum absolute atomic E-state index is 10.9. The van der Waals surface area contributed by atoms with E-state index in [1.54, 1.807) is 24.3 Å². The highest BCUT2D eigenvalue weighted by Gasteiger charge is 2.10. The van der Waals surface area contributed by atoms with Gasteiger partial charge in [0.2, 0.25) is 0 Å². The first kappa shape index (κ1) is 12.0. The van der Waals surface area contributed by atoms with Crippen molar-refractivity contribution in [2.45, 2.75) is 13.8 Å². The van der Waals surface area contributed by atoms with E-state index in [-0.39, 0.29) is 5.76 Å². The smallest absolute Gasteiger partial charge is 0.308 e. The van der Waals surface area contributed by atoms with Gasteiger partial charge < -0.3 is 9.47 Å². The van der Waals surface area contributed by atoms with Crippen LogP contribution in [0, 0.1) is 0 Å². The van der Waals surface area contributed by atoms with Crippen LogP contribution in [0.1, 0.15) is 19.4 Å². The second-order valence-corrected chi connectivity index (χ2v) is 3.11. The van der Waals surface area contributed by atoms with Gasteiger partial charge in [0, 0.05) is 13.8 Å². The van der Waals surface area contributed by atoms with Crippen LogP contribution in [0.15, 0.2) is 30.8 Å². The Morgan fingerprint density at radius 2 is 1.75 bits per heavy atom. The van der Waals surface area contributed by atoms with Crippen molar-refractivity contribution in [3.05, 3.63) is 36.4 Å². The van der Waals surface area contributed by atoms with E-state index in [4.69, 9.17) is 9.47 Å². The van der Waals surface area contributed by atoms with E-state index in [9.17, 15) is 9.59 Å². The summed E-state index contributed by atoms with van der Waals surface area (Å²) in [6, 6.07) is 6.70. The molecular formula is C12H12O4. The van der Waals surface area contributed by atoms with Gasteiger partial charge in [0.1, 0.15) is 11.5 Å². The first-order valence-corrected chi connectivity index (χ1v) is 4.66. The number of hydrogen-bond donors (Lipinski definition) is 0. The minimum absolute atomic E-state index is 0.157. The molecule has 1 aromatic rings. The van der Waals surface area contributed by atoms with Gasteiger partial charge in [-0.1, -0.05) is 18.7 Å². The molecule has 0 aromatic heterocycles. The second-order valence-electron chi connectivity index (χ2n) is 3.11. The molecule has 0 aliphatic carbocycles. The van der Waals surface area contributed by atoms with Crippen molar-refractivity contribution < 1.29 is 19.1 Å². The average molecular weight is 220 g/mol. The van der Waals surface area contributed by atoms with Gasteiger partial charge in [-0.15, -0.1) is 0 Å². The Kier molecular flexibility index (Phi) is 3.83. The van der Waals surface area contributed by atoms with Crippen molar-refractivity contribution in [2.75, 3.05) is 0 Å². The Hall–Kier alpha value is -2.10. The Labute approximate surface area is 93.5 Å². The Morgan fingerprint density at radius 1 is 1.12 bits per heavy atom. The zero-order valence-corrected chi connectivity index (χ0v) is 9.15. The third kappa shape index (κ3) is 3.24. The normalized spacial score (nSPS) is 9.38. The van der Waals surface area contributed by atoms with Crippen LogP contribution >= 0.6 is 0 Å². The molecule has 16 heavy (non-hydrogen) atoms. The molecule has 0 atom stereocenters. The van der Waals surface area contributed by atoms with Gasteiger partial charge in [0.15, 0.2) is 0 Å². The standard InChI is InChI=1S/C12H12O4/c1-8(15-9(2)13)11-6-4-5-7-12(11)16-10(3)14/h4-7H,1H2,2-3H3. The third-order valence-electron chi connectivity index (χ3n) is 1.71. The molecule has 4 heteroatoms. The number of esters is 2. The van der Waals surface area contributed by atoms with E-state index in [1.165, 1.54) is 13.8 Å². The maximum Gasteiger partial charge on any atom is 0.308 e. The predicted octanol–water partition coefficient (Wildman–Crippen LogP) is 2.15. The van der Waals surface area contributed by atoms with Gasteiger partial charge in [0.25, 0.3) is 0 Å². The van der Waals surface area contributed by atoms with E-state index < -0.39 is 11.9 Å². The molecule has 1 aromatic carbocycles. The van der Waals surface area contributed by atoms with Gasteiger partial charge in [-0.3, -0.25) is 9.59 Å². The summed E-state index contributed by atoms with van der Waals surface area (Å²) in [5.74, 6) is -0.434. The highest BCUT2D eigenvalue weighted by Crippen LogP contribution is 2.25. The lowest BCUT2D eigenvalue weighted by Gasteiger charge is -2.10. The Balaban J connectivity index is 2.98. The largest absolute Gasteiger partial charge is 0.427 e. The highest BCUT2D eigenvalue weighted by molar-refractivity contribution is 5.78. The minimum Gasteiger partial charge on any atom is -0.427 e. The highest BCUT2D eigenvalue weighted by atomic mass is 16.5. The lowest BCUT2D eigenvalue weighted by Crippen LogP contribution is -2.05. The molecule has 0 spiro atoms. The third-order valence-corrected chi connectivity index (χ3v) is 1.71. The summed E-state index contributed by atoms with van der Waals surface area (Å²) >= 11 is 0. The molecule has 0 fully saturated rings. The van der Waals surface area contributed by atoms with Crippen molar-refractivity contribution in [2.24, 2.45) is 0 Å². The molecule has 0 saturated heterocycles. The second kappa shape index (κ2) is 5.11. The maximum atomic E-state index is 10.9. The van der Waals surface area contributed by atoms with Crippen molar-refractivity contribution in [1.29, 1.82) is 0 Å². The number of ether oxygens (including phenoxy) is 2.